The molecule has 0 bridgehead atoms. The summed E-state index contributed by atoms with van der Waals surface area (Å²) in [5.41, 5.74) is 4.44. The van der Waals surface area contributed by atoms with E-state index in [0.29, 0.717) is 24.5 Å². The third-order valence-corrected chi connectivity index (χ3v) is 5.27. The first-order valence-corrected chi connectivity index (χ1v) is 9.45. The Bertz CT molecular complexity index is 941. The molecule has 0 saturated carbocycles. The van der Waals surface area contributed by atoms with E-state index in [9.17, 15) is 14.7 Å². The molecule has 7 heteroatoms. The number of ether oxygens (including phenoxy) is 2. The molecule has 3 rings (SSSR count). The first-order chi connectivity index (χ1) is 13.8. The van der Waals surface area contributed by atoms with Crippen molar-refractivity contribution in [2.75, 3.05) is 26.1 Å². The van der Waals surface area contributed by atoms with Crippen LogP contribution in [0.4, 0.5) is 10.5 Å². The molecule has 1 aliphatic rings. The zero-order chi connectivity index (χ0) is 21.1. The lowest BCUT2D eigenvalue weighted by molar-refractivity contribution is -0.138. The quantitative estimate of drug-likeness (QED) is 0.797. The molecule has 1 aliphatic heterocycles. The molecule has 0 radical (unpaired) electrons. The van der Waals surface area contributed by atoms with Crippen LogP contribution < -0.4 is 14.8 Å². The summed E-state index contributed by atoms with van der Waals surface area (Å²) in [7, 11) is 3.09. The average molecular weight is 398 g/mol. The van der Waals surface area contributed by atoms with Crippen molar-refractivity contribution in [3.05, 3.63) is 52.6 Å². The number of hydrogen-bond donors (Lipinski definition) is 2. The van der Waals surface area contributed by atoms with Gasteiger partial charge in [0.25, 0.3) is 0 Å². The Balaban J connectivity index is 1.96. The van der Waals surface area contributed by atoms with E-state index in [4.69, 9.17) is 9.47 Å². The highest BCUT2D eigenvalue weighted by atomic mass is 16.5. The topological polar surface area (TPSA) is 88.1 Å². The molecule has 0 fully saturated rings. The highest BCUT2D eigenvalue weighted by molar-refractivity contribution is 5.91. The van der Waals surface area contributed by atoms with Crippen LogP contribution in [0.1, 0.15) is 34.7 Å². The fourth-order valence-corrected chi connectivity index (χ4v) is 3.71. The zero-order valence-electron chi connectivity index (χ0n) is 17.1. The van der Waals surface area contributed by atoms with E-state index in [1.54, 1.807) is 18.1 Å². The monoisotopic (exact) mass is 398 g/mol. The summed E-state index contributed by atoms with van der Waals surface area (Å²) >= 11 is 0. The predicted molar refractivity (Wildman–Crippen MR) is 110 cm³/mol. The van der Waals surface area contributed by atoms with Crippen molar-refractivity contribution >= 4 is 17.7 Å². The molecule has 29 heavy (non-hydrogen) atoms. The van der Waals surface area contributed by atoms with Crippen LogP contribution in [0, 0.1) is 13.8 Å². The van der Waals surface area contributed by atoms with Gasteiger partial charge in [0, 0.05) is 12.2 Å². The summed E-state index contributed by atoms with van der Waals surface area (Å²) in [4.78, 5) is 26.2. The highest BCUT2D eigenvalue weighted by Gasteiger charge is 2.34. The van der Waals surface area contributed by atoms with Crippen LogP contribution in [0.2, 0.25) is 0 Å². The van der Waals surface area contributed by atoms with Crippen molar-refractivity contribution in [2.24, 2.45) is 0 Å². The number of nitrogens with one attached hydrogen (secondary N) is 1. The number of aryl methyl sites for hydroxylation is 2. The first kappa shape index (κ1) is 20.5. The SMILES string of the molecule is COc1cc2c(cc1OC)C(CC(=O)O)N(C(=O)Nc1cc(C)ccc1C)CC2. The fourth-order valence-electron chi connectivity index (χ4n) is 3.71. The minimum Gasteiger partial charge on any atom is -0.493 e. The molecular weight excluding hydrogens is 372 g/mol. The van der Waals surface area contributed by atoms with Gasteiger partial charge in [-0.1, -0.05) is 12.1 Å². The van der Waals surface area contributed by atoms with E-state index >= 15 is 0 Å². The average Bonchev–Trinajstić information content (AvgIpc) is 2.69. The Labute approximate surface area is 170 Å². The van der Waals surface area contributed by atoms with E-state index < -0.39 is 12.0 Å². The third-order valence-electron chi connectivity index (χ3n) is 5.27. The number of nitrogens with zero attached hydrogens (tertiary/aromatic N) is 1. The maximum Gasteiger partial charge on any atom is 0.322 e. The van der Waals surface area contributed by atoms with E-state index in [0.717, 1.165) is 27.9 Å². The molecule has 1 atom stereocenters. The van der Waals surface area contributed by atoms with E-state index in [1.807, 2.05) is 38.1 Å². The van der Waals surface area contributed by atoms with Gasteiger partial charge < -0.3 is 24.8 Å². The molecule has 2 N–H and O–H groups in total. The van der Waals surface area contributed by atoms with Crippen LogP contribution in [0.15, 0.2) is 30.3 Å². The molecular formula is C22H26N2O5. The summed E-state index contributed by atoms with van der Waals surface area (Å²) in [6, 6.07) is 8.57. The molecule has 1 heterocycles. The normalized spacial score (nSPS) is 15.4. The number of carboxylic acid groups (broad SMARTS) is 1. The molecule has 2 aromatic rings. The minimum absolute atomic E-state index is 0.192. The van der Waals surface area contributed by atoms with Gasteiger partial charge in [-0.3, -0.25) is 4.79 Å². The van der Waals surface area contributed by atoms with E-state index in [1.165, 1.54) is 7.11 Å². The van der Waals surface area contributed by atoms with Crippen molar-refractivity contribution in [2.45, 2.75) is 32.7 Å². The largest absolute Gasteiger partial charge is 0.493 e. The molecule has 2 aromatic carbocycles. The third kappa shape index (κ3) is 4.29. The Hall–Kier alpha value is -3.22. The number of urea groups is 1. The van der Waals surface area contributed by atoms with Gasteiger partial charge in [0.2, 0.25) is 0 Å². The van der Waals surface area contributed by atoms with Crippen molar-refractivity contribution < 1.29 is 24.2 Å². The molecule has 7 nitrogen and oxygen atoms in total. The number of methoxy groups -OCH3 is 2. The van der Waals surface area contributed by atoms with Crippen LogP contribution in [-0.4, -0.2) is 42.8 Å². The van der Waals surface area contributed by atoms with Crippen LogP contribution in [0.3, 0.4) is 0 Å². The number of carboxylic acids is 1. The molecule has 154 valence electrons. The lowest BCUT2D eigenvalue weighted by Gasteiger charge is -2.37. The van der Waals surface area contributed by atoms with Crippen LogP contribution in [0.5, 0.6) is 11.5 Å². The summed E-state index contributed by atoms with van der Waals surface area (Å²) in [6.07, 6.45) is 0.411. The van der Waals surface area contributed by atoms with E-state index in [-0.39, 0.29) is 12.5 Å². The van der Waals surface area contributed by atoms with Gasteiger partial charge in [0.1, 0.15) is 0 Å². The molecule has 0 saturated heterocycles. The number of benzene rings is 2. The van der Waals surface area contributed by atoms with Gasteiger partial charge in [-0.2, -0.15) is 0 Å². The Morgan fingerprint density at radius 1 is 1.14 bits per heavy atom. The van der Waals surface area contributed by atoms with Crippen LogP contribution >= 0.6 is 0 Å². The first-order valence-electron chi connectivity index (χ1n) is 9.45. The second-order valence-corrected chi connectivity index (χ2v) is 7.21. The molecule has 0 spiro atoms. The fraction of sp³-hybridized carbons (Fsp3) is 0.364. The molecule has 0 aromatic heterocycles. The lowest BCUT2D eigenvalue weighted by atomic mass is 9.90. The Morgan fingerprint density at radius 3 is 2.48 bits per heavy atom. The van der Waals surface area contributed by atoms with Crippen molar-refractivity contribution in [3.63, 3.8) is 0 Å². The van der Waals surface area contributed by atoms with Crippen LogP contribution in [0.25, 0.3) is 0 Å². The minimum atomic E-state index is -0.970. The Morgan fingerprint density at radius 2 is 1.83 bits per heavy atom. The molecule has 2 amide bonds. The number of fused-ring (bicyclic) bond motifs is 1. The number of anilines is 1. The number of carbonyl (C=O) groups excluding carboxylic acids is 1. The van der Waals surface area contributed by atoms with Gasteiger partial charge in [0.05, 0.1) is 26.7 Å². The number of amides is 2. The van der Waals surface area contributed by atoms with Gasteiger partial charge in [-0.05, 0) is 60.7 Å². The molecule has 1 unspecified atom stereocenters. The maximum atomic E-state index is 13.1. The smallest absolute Gasteiger partial charge is 0.322 e. The van der Waals surface area contributed by atoms with Crippen LogP contribution in [-0.2, 0) is 11.2 Å². The van der Waals surface area contributed by atoms with Crippen molar-refractivity contribution in [1.82, 2.24) is 4.90 Å². The summed E-state index contributed by atoms with van der Waals surface area (Å²) in [5, 5.41) is 12.4. The number of aliphatic carboxylic acids is 1. The van der Waals surface area contributed by atoms with Crippen molar-refractivity contribution in [1.29, 1.82) is 0 Å². The Kier molecular flexibility index (Phi) is 5.96. The van der Waals surface area contributed by atoms with Crippen molar-refractivity contribution in [3.8, 4) is 11.5 Å². The van der Waals surface area contributed by atoms with Gasteiger partial charge >= 0.3 is 12.0 Å². The van der Waals surface area contributed by atoms with Gasteiger partial charge in [-0.25, -0.2) is 4.79 Å². The second kappa shape index (κ2) is 8.43. The molecule has 0 aliphatic carbocycles. The lowest BCUT2D eigenvalue weighted by Crippen LogP contribution is -2.43. The standard InChI is InChI=1S/C22H26N2O5/c1-13-5-6-14(2)17(9-13)23-22(27)24-8-7-15-10-19(28-3)20(29-4)11-16(15)18(24)12-21(25)26/h5-6,9-11,18H,7-8,12H2,1-4H3,(H,23,27)(H,25,26). The highest BCUT2D eigenvalue weighted by Crippen LogP contribution is 2.39. The zero-order valence-corrected chi connectivity index (χ0v) is 17.1. The van der Waals surface area contributed by atoms with E-state index in [2.05, 4.69) is 5.32 Å². The number of rotatable bonds is 5. The number of carbonyl (C=O) groups is 2. The maximum absolute atomic E-state index is 13.1. The van der Waals surface area contributed by atoms with Gasteiger partial charge in [-0.15, -0.1) is 0 Å². The summed E-state index contributed by atoms with van der Waals surface area (Å²) in [5.74, 6) is 0.134. The van der Waals surface area contributed by atoms with Gasteiger partial charge in [0.15, 0.2) is 11.5 Å². The summed E-state index contributed by atoms with van der Waals surface area (Å²) in [6.45, 7) is 4.29. The predicted octanol–water partition coefficient (Wildman–Crippen LogP) is 3.93. The summed E-state index contributed by atoms with van der Waals surface area (Å²) < 4.78 is 10.7. The second-order valence-electron chi connectivity index (χ2n) is 7.21. The number of hydrogen-bond acceptors (Lipinski definition) is 4.